The molecular weight excluding hydrogens is 398 g/mol. The van der Waals surface area contributed by atoms with Gasteiger partial charge >= 0.3 is 5.69 Å². The van der Waals surface area contributed by atoms with Gasteiger partial charge in [-0.1, -0.05) is 18.2 Å². The van der Waals surface area contributed by atoms with Crippen LogP contribution in [0.25, 0.3) is 5.69 Å². The molecule has 1 N–H and O–H groups in total. The lowest BCUT2D eigenvalue weighted by molar-refractivity contribution is -0.129. The molecule has 1 aliphatic rings. The summed E-state index contributed by atoms with van der Waals surface area (Å²) in [7, 11) is 0. The van der Waals surface area contributed by atoms with Gasteiger partial charge < -0.3 is 4.90 Å². The summed E-state index contributed by atoms with van der Waals surface area (Å²) in [4.78, 5) is 31.9. The van der Waals surface area contributed by atoms with Crippen LogP contribution in [0.15, 0.2) is 58.5 Å². The van der Waals surface area contributed by atoms with Crippen LogP contribution in [0.2, 0.25) is 0 Å². The first kappa shape index (κ1) is 20.4. The molecule has 8 heteroatoms. The molecule has 0 unspecified atom stereocenters. The second kappa shape index (κ2) is 9.30. The molecule has 0 saturated carbocycles. The van der Waals surface area contributed by atoms with Gasteiger partial charge in [-0.25, -0.2) is 14.5 Å². The van der Waals surface area contributed by atoms with E-state index in [9.17, 15) is 9.59 Å². The number of carbonyl (C=O) groups is 1. The maximum atomic E-state index is 12.5. The van der Waals surface area contributed by atoms with Crippen molar-refractivity contribution in [3.63, 3.8) is 0 Å². The van der Waals surface area contributed by atoms with Crippen molar-refractivity contribution in [2.45, 2.75) is 31.1 Å². The molecule has 1 aliphatic heterocycles. The minimum absolute atomic E-state index is 0.173. The van der Waals surface area contributed by atoms with Crippen molar-refractivity contribution in [1.82, 2.24) is 24.6 Å². The molecule has 0 bridgehead atoms. The monoisotopic (exact) mass is 423 g/mol. The summed E-state index contributed by atoms with van der Waals surface area (Å²) in [6.07, 6.45) is 6.04. The molecule has 1 fully saturated rings. The van der Waals surface area contributed by atoms with E-state index in [0.717, 1.165) is 54.3 Å². The number of H-pyrrole nitrogens is 1. The maximum absolute atomic E-state index is 12.5. The van der Waals surface area contributed by atoms with Crippen LogP contribution in [0.1, 0.15) is 24.2 Å². The summed E-state index contributed by atoms with van der Waals surface area (Å²) >= 11 is 1.55. The molecule has 1 saturated heterocycles. The lowest BCUT2D eigenvalue weighted by Crippen LogP contribution is -2.40. The molecule has 0 atom stereocenters. The SMILES string of the molecule is Cc1ccccc1-n1c(CC2CCN(C(=O)CSc3ccncc3)CC2)n[nH]c1=O. The normalized spacial score (nSPS) is 14.8. The number of nitrogens with one attached hydrogen (secondary N) is 1. The highest BCUT2D eigenvalue weighted by molar-refractivity contribution is 8.00. The number of benzene rings is 1. The van der Waals surface area contributed by atoms with Crippen molar-refractivity contribution in [1.29, 1.82) is 0 Å². The Morgan fingerprint density at radius 3 is 2.63 bits per heavy atom. The van der Waals surface area contributed by atoms with E-state index in [1.807, 2.05) is 48.2 Å². The second-order valence-corrected chi connectivity index (χ2v) is 8.62. The summed E-state index contributed by atoms with van der Waals surface area (Å²) in [6, 6.07) is 11.7. The zero-order valence-corrected chi connectivity index (χ0v) is 17.8. The van der Waals surface area contributed by atoms with Crippen molar-refractivity contribution < 1.29 is 4.79 Å². The smallest absolute Gasteiger partial charge is 0.342 e. The van der Waals surface area contributed by atoms with Gasteiger partial charge in [0.25, 0.3) is 0 Å². The van der Waals surface area contributed by atoms with Gasteiger partial charge in [0, 0.05) is 36.8 Å². The number of nitrogens with zero attached hydrogens (tertiary/aromatic N) is 4. The molecule has 4 rings (SSSR count). The number of likely N-dealkylation sites (tertiary alicyclic amines) is 1. The average molecular weight is 424 g/mol. The van der Waals surface area contributed by atoms with Gasteiger partial charge in [-0.05, 0) is 49.4 Å². The van der Waals surface area contributed by atoms with Crippen molar-refractivity contribution in [3.8, 4) is 5.69 Å². The fraction of sp³-hybridized carbons (Fsp3) is 0.364. The third-order valence-corrected chi connectivity index (χ3v) is 6.55. The summed E-state index contributed by atoms with van der Waals surface area (Å²) in [5.41, 5.74) is 1.70. The number of hydrogen-bond donors (Lipinski definition) is 1. The van der Waals surface area contributed by atoms with Crippen LogP contribution in [0.3, 0.4) is 0 Å². The summed E-state index contributed by atoms with van der Waals surface area (Å²) in [5, 5.41) is 6.88. The van der Waals surface area contributed by atoms with Gasteiger partial charge in [-0.2, -0.15) is 5.10 Å². The van der Waals surface area contributed by atoms with E-state index in [4.69, 9.17) is 0 Å². The largest absolute Gasteiger partial charge is 0.347 e. The molecule has 156 valence electrons. The number of pyridine rings is 1. The number of piperidine rings is 1. The quantitative estimate of drug-likeness (QED) is 0.617. The number of aromatic nitrogens is 4. The van der Waals surface area contributed by atoms with Crippen LogP contribution in [0.4, 0.5) is 0 Å². The standard InChI is InChI=1S/C22H25N5O2S/c1-16-4-2-3-5-19(16)27-20(24-25-22(27)29)14-17-8-12-26(13-9-17)21(28)15-30-18-6-10-23-11-7-18/h2-7,10-11,17H,8-9,12-15H2,1H3,(H,25,29). The maximum Gasteiger partial charge on any atom is 0.347 e. The first-order valence-corrected chi connectivity index (χ1v) is 11.1. The van der Waals surface area contributed by atoms with Crippen LogP contribution < -0.4 is 5.69 Å². The molecule has 3 heterocycles. The zero-order valence-electron chi connectivity index (χ0n) is 17.0. The van der Waals surface area contributed by atoms with Crippen molar-refractivity contribution in [2.75, 3.05) is 18.8 Å². The highest BCUT2D eigenvalue weighted by Gasteiger charge is 2.25. The van der Waals surface area contributed by atoms with Gasteiger partial charge in [0.05, 0.1) is 11.4 Å². The molecule has 1 aromatic carbocycles. The van der Waals surface area contributed by atoms with E-state index < -0.39 is 0 Å². The number of amides is 1. The number of hydrogen-bond acceptors (Lipinski definition) is 5. The number of carbonyl (C=O) groups excluding carboxylic acids is 1. The fourth-order valence-corrected chi connectivity index (χ4v) is 4.63. The van der Waals surface area contributed by atoms with Crippen LogP contribution in [-0.2, 0) is 11.2 Å². The summed E-state index contributed by atoms with van der Waals surface area (Å²) < 4.78 is 1.68. The molecule has 7 nitrogen and oxygen atoms in total. The Morgan fingerprint density at radius 1 is 1.17 bits per heavy atom. The predicted octanol–water partition coefficient (Wildman–Crippen LogP) is 2.84. The molecule has 1 amide bonds. The Labute approximate surface area is 179 Å². The van der Waals surface area contributed by atoms with E-state index in [-0.39, 0.29) is 11.6 Å². The van der Waals surface area contributed by atoms with Crippen LogP contribution in [-0.4, -0.2) is 49.4 Å². The van der Waals surface area contributed by atoms with Gasteiger partial charge in [-0.3, -0.25) is 9.78 Å². The molecular formula is C22H25N5O2S. The fourth-order valence-electron chi connectivity index (χ4n) is 3.84. The van der Waals surface area contributed by atoms with Crippen LogP contribution >= 0.6 is 11.8 Å². The Hall–Kier alpha value is -2.87. The molecule has 0 aliphatic carbocycles. The lowest BCUT2D eigenvalue weighted by atomic mass is 9.93. The van der Waals surface area contributed by atoms with Gasteiger partial charge in [-0.15, -0.1) is 11.8 Å². The highest BCUT2D eigenvalue weighted by atomic mass is 32.2. The first-order chi connectivity index (χ1) is 14.6. The van der Waals surface area contributed by atoms with E-state index in [2.05, 4.69) is 15.2 Å². The molecule has 3 aromatic rings. The Balaban J connectivity index is 1.34. The molecule has 0 radical (unpaired) electrons. The Bertz CT molecular complexity index is 1050. The first-order valence-electron chi connectivity index (χ1n) is 10.1. The van der Waals surface area contributed by atoms with Crippen LogP contribution in [0.5, 0.6) is 0 Å². The van der Waals surface area contributed by atoms with E-state index in [1.54, 1.807) is 28.7 Å². The zero-order chi connectivity index (χ0) is 20.9. The van der Waals surface area contributed by atoms with Crippen molar-refractivity contribution >= 4 is 17.7 Å². The number of thioether (sulfide) groups is 1. The minimum Gasteiger partial charge on any atom is -0.342 e. The van der Waals surface area contributed by atoms with E-state index in [1.165, 1.54) is 0 Å². The van der Waals surface area contributed by atoms with Crippen molar-refractivity contribution in [2.24, 2.45) is 5.92 Å². The Morgan fingerprint density at radius 2 is 1.90 bits per heavy atom. The number of rotatable bonds is 6. The molecule has 2 aromatic heterocycles. The third-order valence-electron chi connectivity index (χ3n) is 5.55. The van der Waals surface area contributed by atoms with Gasteiger partial charge in [0.2, 0.25) is 5.91 Å². The lowest BCUT2D eigenvalue weighted by Gasteiger charge is -2.32. The topological polar surface area (TPSA) is 83.9 Å². The number of para-hydroxylation sites is 1. The predicted molar refractivity (Wildman–Crippen MR) is 117 cm³/mol. The van der Waals surface area contributed by atoms with Gasteiger partial charge in [0.15, 0.2) is 0 Å². The van der Waals surface area contributed by atoms with Gasteiger partial charge in [0.1, 0.15) is 5.82 Å². The number of aromatic amines is 1. The summed E-state index contributed by atoms with van der Waals surface area (Å²) in [6.45, 7) is 3.49. The third kappa shape index (κ3) is 4.64. The van der Waals surface area contributed by atoms with E-state index in [0.29, 0.717) is 11.7 Å². The average Bonchev–Trinajstić information content (AvgIpc) is 3.13. The molecule has 0 spiro atoms. The second-order valence-electron chi connectivity index (χ2n) is 7.57. The van der Waals surface area contributed by atoms with E-state index >= 15 is 0 Å². The molecule has 30 heavy (non-hydrogen) atoms. The Kier molecular flexibility index (Phi) is 6.32. The number of aryl methyl sites for hydroxylation is 1. The summed E-state index contributed by atoms with van der Waals surface area (Å²) in [5.74, 6) is 1.78. The minimum atomic E-state index is -0.208. The van der Waals surface area contributed by atoms with Crippen molar-refractivity contribution in [3.05, 3.63) is 70.7 Å². The van der Waals surface area contributed by atoms with Crippen LogP contribution in [0, 0.1) is 12.8 Å². The highest BCUT2D eigenvalue weighted by Crippen LogP contribution is 2.24.